The second kappa shape index (κ2) is 6.87. The third kappa shape index (κ3) is 3.26. The summed E-state index contributed by atoms with van der Waals surface area (Å²) in [7, 11) is 1.32. The van der Waals surface area contributed by atoms with E-state index in [1.54, 1.807) is 35.2 Å². The van der Waals surface area contributed by atoms with Crippen molar-refractivity contribution in [2.75, 3.05) is 18.6 Å². The number of oxazole rings is 1. The Balaban J connectivity index is 1.68. The van der Waals surface area contributed by atoms with Gasteiger partial charge in [0.25, 0.3) is 0 Å². The number of nitrogens with zero attached hydrogens (tertiary/aromatic N) is 2. The Morgan fingerprint density at radius 3 is 2.89 bits per heavy atom. The van der Waals surface area contributed by atoms with Gasteiger partial charge in [-0.15, -0.1) is 0 Å². The van der Waals surface area contributed by atoms with E-state index in [4.69, 9.17) is 32.4 Å². The van der Waals surface area contributed by atoms with Gasteiger partial charge in [0.2, 0.25) is 11.8 Å². The van der Waals surface area contributed by atoms with Crippen molar-refractivity contribution in [2.45, 2.75) is 6.42 Å². The number of carbonyl (C=O) groups is 2. The first-order valence-electron chi connectivity index (χ1n) is 8.20. The summed E-state index contributed by atoms with van der Waals surface area (Å²) in [6.45, 7) is 0.282. The van der Waals surface area contributed by atoms with Gasteiger partial charge >= 0.3 is 5.97 Å². The number of halogens is 2. The monoisotopic (exact) mass is 404 g/mol. The molecule has 138 valence electrons. The Kier molecular flexibility index (Phi) is 4.53. The minimum atomic E-state index is -0.462. The number of ether oxygens (including phenoxy) is 1. The smallest absolute Gasteiger partial charge is 0.311 e. The van der Waals surface area contributed by atoms with Crippen molar-refractivity contribution in [3.8, 4) is 11.5 Å². The molecule has 1 aromatic heterocycles. The van der Waals surface area contributed by atoms with E-state index >= 15 is 0 Å². The number of fused-ring (bicyclic) bond motifs is 1. The van der Waals surface area contributed by atoms with Crippen molar-refractivity contribution in [3.05, 3.63) is 46.4 Å². The van der Waals surface area contributed by atoms with Crippen molar-refractivity contribution in [1.29, 1.82) is 0 Å². The van der Waals surface area contributed by atoms with Gasteiger partial charge in [-0.05, 0) is 30.3 Å². The lowest BCUT2D eigenvalue weighted by Crippen LogP contribution is -2.26. The minimum Gasteiger partial charge on any atom is -0.469 e. The summed E-state index contributed by atoms with van der Waals surface area (Å²) in [5.74, 6) is -0.606. The van der Waals surface area contributed by atoms with Crippen LogP contribution in [0.1, 0.15) is 6.42 Å². The second-order valence-corrected chi connectivity index (χ2v) is 7.08. The van der Waals surface area contributed by atoms with E-state index < -0.39 is 5.92 Å². The van der Waals surface area contributed by atoms with Gasteiger partial charge in [0.1, 0.15) is 5.52 Å². The van der Waals surface area contributed by atoms with Crippen LogP contribution in [0.5, 0.6) is 0 Å². The Morgan fingerprint density at radius 2 is 2.11 bits per heavy atom. The molecule has 1 aliphatic rings. The normalized spacial score (nSPS) is 16.9. The molecule has 27 heavy (non-hydrogen) atoms. The summed E-state index contributed by atoms with van der Waals surface area (Å²) in [6, 6.07) is 10.5. The molecule has 3 aromatic rings. The summed E-state index contributed by atoms with van der Waals surface area (Å²) >= 11 is 12.2. The van der Waals surface area contributed by atoms with Gasteiger partial charge in [-0.3, -0.25) is 9.59 Å². The van der Waals surface area contributed by atoms with Crippen LogP contribution in [0.2, 0.25) is 10.0 Å². The second-order valence-electron chi connectivity index (χ2n) is 6.23. The van der Waals surface area contributed by atoms with Crippen LogP contribution >= 0.6 is 23.2 Å². The fourth-order valence-corrected chi connectivity index (χ4v) is 3.69. The Morgan fingerprint density at radius 1 is 1.30 bits per heavy atom. The van der Waals surface area contributed by atoms with Gasteiger partial charge in [0, 0.05) is 29.2 Å². The van der Waals surface area contributed by atoms with E-state index in [0.717, 1.165) is 0 Å². The van der Waals surface area contributed by atoms with Gasteiger partial charge < -0.3 is 14.1 Å². The molecule has 1 aliphatic heterocycles. The number of amides is 1. The Bertz CT molecular complexity index is 1060. The summed E-state index contributed by atoms with van der Waals surface area (Å²) in [4.78, 5) is 30.1. The number of methoxy groups -OCH3 is 1. The third-order valence-electron chi connectivity index (χ3n) is 4.47. The highest BCUT2D eigenvalue weighted by atomic mass is 35.5. The number of benzene rings is 2. The van der Waals surface area contributed by atoms with E-state index in [9.17, 15) is 9.59 Å². The number of hydrogen-bond donors (Lipinski definition) is 0. The quantitative estimate of drug-likeness (QED) is 0.607. The summed E-state index contributed by atoms with van der Waals surface area (Å²) in [5, 5.41) is 0.848. The van der Waals surface area contributed by atoms with Crippen molar-refractivity contribution < 1.29 is 18.7 Å². The molecule has 0 aliphatic carbocycles. The number of esters is 1. The van der Waals surface area contributed by atoms with Crippen LogP contribution in [0.3, 0.4) is 0 Å². The van der Waals surface area contributed by atoms with Crippen LogP contribution in [0.15, 0.2) is 40.8 Å². The first kappa shape index (κ1) is 17.8. The average Bonchev–Trinajstić information content (AvgIpc) is 3.25. The van der Waals surface area contributed by atoms with E-state index in [1.165, 1.54) is 7.11 Å². The van der Waals surface area contributed by atoms with Crippen molar-refractivity contribution in [3.63, 3.8) is 0 Å². The van der Waals surface area contributed by atoms with E-state index in [0.29, 0.717) is 38.3 Å². The highest BCUT2D eigenvalue weighted by Crippen LogP contribution is 2.34. The van der Waals surface area contributed by atoms with Crippen LogP contribution in [-0.4, -0.2) is 30.5 Å². The van der Waals surface area contributed by atoms with Gasteiger partial charge in [-0.25, -0.2) is 4.98 Å². The molecule has 0 N–H and O–H groups in total. The summed E-state index contributed by atoms with van der Waals surface area (Å²) in [6.07, 6.45) is 0.133. The van der Waals surface area contributed by atoms with Crippen LogP contribution in [0.4, 0.5) is 5.69 Å². The molecule has 1 fully saturated rings. The van der Waals surface area contributed by atoms with Crippen LogP contribution in [0.25, 0.3) is 22.6 Å². The number of aromatic nitrogens is 1. The van der Waals surface area contributed by atoms with Crippen LogP contribution < -0.4 is 4.90 Å². The molecule has 0 bridgehead atoms. The first-order chi connectivity index (χ1) is 13.0. The van der Waals surface area contributed by atoms with Gasteiger partial charge in [0.15, 0.2) is 5.58 Å². The molecular weight excluding hydrogens is 391 g/mol. The van der Waals surface area contributed by atoms with Crippen molar-refractivity contribution in [2.24, 2.45) is 5.92 Å². The van der Waals surface area contributed by atoms with Crippen molar-refractivity contribution in [1.82, 2.24) is 4.98 Å². The molecule has 1 atom stereocenters. The molecule has 2 heterocycles. The minimum absolute atomic E-state index is 0.130. The maximum absolute atomic E-state index is 12.3. The molecule has 8 heteroatoms. The van der Waals surface area contributed by atoms with E-state index in [2.05, 4.69) is 4.98 Å². The number of hydrogen-bond acceptors (Lipinski definition) is 5. The Hall–Kier alpha value is -2.57. The highest BCUT2D eigenvalue weighted by molar-refractivity contribution is 6.38. The summed E-state index contributed by atoms with van der Waals surface area (Å²) < 4.78 is 10.5. The fourth-order valence-electron chi connectivity index (χ4n) is 3.17. The van der Waals surface area contributed by atoms with Gasteiger partial charge in [0.05, 0.1) is 18.1 Å². The highest BCUT2D eigenvalue weighted by Gasteiger charge is 2.35. The Labute approximate surface area is 164 Å². The summed E-state index contributed by atoms with van der Waals surface area (Å²) in [5.41, 5.74) is 2.35. The van der Waals surface area contributed by atoms with Crippen LogP contribution in [0, 0.1) is 5.92 Å². The SMILES string of the molecule is COC(=O)[C@H]1CC(=O)N(c2cccc(-c3nc4cc(Cl)cc(Cl)c4o3)c2)C1. The van der Waals surface area contributed by atoms with Gasteiger partial charge in [-0.2, -0.15) is 0 Å². The number of anilines is 1. The molecule has 1 saturated heterocycles. The average molecular weight is 405 g/mol. The maximum Gasteiger partial charge on any atom is 0.311 e. The predicted octanol–water partition coefficient (Wildman–Crippen LogP) is 4.33. The molecule has 0 saturated carbocycles. The zero-order chi connectivity index (χ0) is 19.1. The molecule has 2 aromatic carbocycles. The lowest BCUT2D eigenvalue weighted by molar-refractivity contribution is -0.145. The zero-order valence-electron chi connectivity index (χ0n) is 14.2. The lowest BCUT2D eigenvalue weighted by atomic mass is 10.1. The van der Waals surface area contributed by atoms with E-state index in [-0.39, 0.29) is 24.8 Å². The topological polar surface area (TPSA) is 72.6 Å². The molecule has 0 radical (unpaired) electrons. The fraction of sp³-hybridized carbons (Fsp3) is 0.211. The standard InChI is InChI=1S/C19H14Cl2N2O4/c1-26-19(25)11-6-16(24)23(9-11)13-4-2-3-10(5-13)18-22-15-8-12(20)7-14(21)17(15)27-18/h2-5,7-8,11H,6,9H2,1H3/t11-/m0/s1. The first-order valence-corrected chi connectivity index (χ1v) is 8.96. The largest absolute Gasteiger partial charge is 0.469 e. The van der Waals surface area contributed by atoms with Gasteiger partial charge in [-0.1, -0.05) is 29.3 Å². The van der Waals surface area contributed by atoms with Crippen molar-refractivity contribution >= 4 is 51.9 Å². The number of rotatable bonds is 3. The van der Waals surface area contributed by atoms with E-state index in [1.807, 2.05) is 6.07 Å². The molecule has 0 unspecified atom stereocenters. The number of carbonyl (C=O) groups excluding carboxylic acids is 2. The molecular formula is C19H14Cl2N2O4. The lowest BCUT2D eigenvalue weighted by Gasteiger charge is -2.16. The molecule has 6 nitrogen and oxygen atoms in total. The molecule has 0 spiro atoms. The maximum atomic E-state index is 12.3. The predicted molar refractivity (Wildman–Crippen MR) is 102 cm³/mol. The van der Waals surface area contributed by atoms with Crippen LogP contribution in [-0.2, 0) is 14.3 Å². The zero-order valence-corrected chi connectivity index (χ0v) is 15.8. The molecule has 1 amide bonds. The third-order valence-corrected chi connectivity index (χ3v) is 4.97. The molecule has 4 rings (SSSR count).